The average molecular weight is 893 g/mol. The van der Waals surface area contributed by atoms with Crippen LogP contribution in [0.3, 0.4) is 0 Å². The number of aliphatic hydroxyl groups excluding tert-OH is 4. The van der Waals surface area contributed by atoms with Gasteiger partial charge in [-0.3, -0.25) is 9.59 Å². The number of fused-ring (bicyclic) bond motifs is 1. The van der Waals surface area contributed by atoms with Gasteiger partial charge in [0.2, 0.25) is 18.9 Å². The van der Waals surface area contributed by atoms with Crippen LogP contribution in [0.25, 0.3) is 0 Å². The summed E-state index contributed by atoms with van der Waals surface area (Å²) in [6, 6.07) is 6.64. The molecular formula is C40H44O23. The number of hydrogen-bond acceptors (Lipinski definition) is 23. The van der Waals surface area contributed by atoms with Crippen LogP contribution in [0.5, 0.6) is 23.0 Å². The summed E-state index contributed by atoms with van der Waals surface area (Å²) in [5.74, 6) is -10.0. The molecule has 0 amide bonds. The van der Waals surface area contributed by atoms with Crippen LogP contribution < -0.4 is 4.74 Å². The van der Waals surface area contributed by atoms with E-state index in [9.17, 15) is 64.8 Å². The minimum atomic E-state index is -2.05. The van der Waals surface area contributed by atoms with Crippen molar-refractivity contribution in [1.82, 2.24) is 0 Å². The number of phenols is 3. The fourth-order valence-electron chi connectivity index (χ4n) is 7.24. The molecule has 0 saturated carbocycles. The molecule has 4 heterocycles. The third-order valence-corrected chi connectivity index (χ3v) is 10.5. The van der Waals surface area contributed by atoms with Crippen molar-refractivity contribution in [3.8, 4) is 23.0 Å². The molecule has 6 unspecified atom stereocenters. The number of hydrogen-bond donors (Lipinski definition) is 8. The smallest absolute Gasteiger partial charge is 0.342 e. The van der Waals surface area contributed by atoms with E-state index in [4.69, 9.17) is 47.4 Å². The number of carbonyl (C=O) groups is 5. The van der Waals surface area contributed by atoms with Crippen LogP contribution in [-0.4, -0.2) is 164 Å². The minimum Gasteiger partial charge on any atom is -0.504 e. The Kier molecular flexibility index (Phi) is 14.1. The summed E-state index contributed by atoms with van der Waals surface area (Å²) in [6.07, 6.45) is -18.1. The molecule has 3 saturated heterocycles. The zero-order valence-electron chi connectivity index (χ0n) is 33.3. The van der Waals surface area contributed by atoms with E-state index in [-0.39, 0.29) is 18.6 Å². The molecule has 6 rings (SSSR count). The Hall–Kier alpha value is -6.05. The summed E-state index contributed by atoms with van der Waals surface area (Å²) in [6.45, 7) is 3.89. The van der Waals surface area contributed by atoms with Crippen molar-refractivity contribution in [2.75, 3.05) is 19.8 Å². The van der Waals surface area contributed by atoms with Gasteiger partial charge < -0.3 is 88.2 Å². The second kappa shape index (κ2) is 19.1. The third-order valence-electron chi connectivity index (χ3n) is 10.5. The molecule has 2 aromatic rings. The number of para-hydroxylation sites is 2. The van der Waals surface area contributed by atoms with Crippen LogP contribution in [0.1, 0.15) is 41.0 Å². The monoisotopic (exact) mass is 892 g/mol. The van der Waals surface area contributed by atoms with Crippen molar-refractivity contribution in [1.29, 1.82) is 0 Å². The van der Waals surface area contributed by atoms with Gasteiger partial charge in [0, 0.05) is 20.3 Å². The van der Waals surface area contributed by atoms with Crippen LogP contribution >= 0.6 is 0 Å². The normalized spacial score (nSPS) is 32.6. The molecule has 0 aromatic heterocycles. The molecule has 2 aromatic carbocycles. The summed E-state index contributed by atoms with van der Waals surface area (Å²) in [5.41, 5.74) is -3.52. The van der Waals surface area contributed by atoms with E-state index in [1.807, 2.05) is 0 Å². The highest BCUT2D eigenvalue weighted by molar-refractivity contribution is 5.94. The zero-order valence-corrected chi connectivity index (χ0v) is 33.3. The second-order valence-corrected chi connectivity index (χ2v) is 14.5. The van der Waals surface area contributed by atoms with Crippen LogP contribution in [0.4, 0.5) is 0 Å². The van der Waals surface area contributed by atoms with Crippen molar-refractivity contribution in [2.24, 2.45) is 5.92 Å². The molecule has 0 aliphatic carbocycles. The molecule has 8 N–H and O–H groups in total. The highest BCUT2D eigenvalue weighted by Gasteiger charge is 2.58. The number of carbonyl (C=O) groups excluding carboxylic acids is 5. The van der Waals surface area contributed by atoms with Crippen molar-refractivity contribution < 1.29 is 112 Å². The van der Waals surface area contributed by atoms with Crippen LogP contribution in [-0.2, 0) is 57.0 Å². The first-order valence-electron chi connectivity index (χ1n) is 19.1. The van der Waals surface area contributed by atoms with Gasteiger partial charge in [-0.1, -0.05) is 18.2 Å². The Morgan fingerprint density at radius 1 is 0.810 bits per heavy atom. The predicted octanol–water partition coefficient (Wildman–Crippen LogP) is -1.31. The lowest BCUT2D eigenvalue weighted by Crippen LogP contribution is -2.64. The Labute approximate surface area is 356 Å². The summed E-state index contributed by atoms with van der Waals surface area (Å²) in [7, 11) is 0. The molecule has 3 fully saturated rings. The number of ether oxygens (including phenoxy) is 10. The molecule has 0 bridgehead atoms. The van der Waals surface area contributed by atoms with Gasteiger partial charge in [-0.25, -0.2) is 14.4 Å². The van der Waals surface area contributed by atoms with Crippen molar-refractivity contribution in [3.63, 3.8) is 0 Å². The summed E-state index contributed by atoms with van der Waals surface area (Å²) in [4.78, 5) is 65.3. The molecule has 63 heavy (non-hydrogen) atoms. The van der Waals surface area contributed by atoms with Crippen LogP contribution in [0.2, 0.25) is 0 Å². The molecule has 4 aliphatic rings. The molecule has 23 heteroatoms. The lowest BCUT2D eigenvalue weighted by molar-refractivity contribution is -0.343. The molecular weight excluding hydrogens is 848 g/mol. The van der Waals surface area contributed by atoms with Crippen LogP contribution in [0, 0.1) is 5.92 Å². The molecule has 0 radical (unpaired) electrons. The SMILES string of the molecule is C=C[C@H]1C(OC2OC(COC(C)=O)C(OC(=O)c3cccc(O[C@@H]4O[C@H](CO)[C@@H](O)[C@H](O)[C@H]4O)c3O)C(OC(C)=O)C2OC(=O)c2cccc(O)c2O)OC=C2C(=O)OCC[C@]21O. The average Bonchev–Trinajstić information content (AvgIpc) is 3.23. The second-order valence-electron chi connectivity index (χ2n) is 14.5. The molecule has 0 spiro atoms. The number of cyclic esters (lactones) is 1. The molecule has 342 valence electrons. The summed E-state index contributed by atoms with van der Waals surface area (Å²) in [5, 5.41) is 84.0. The van der Waals surface area contributed by atoms with Crippen molar-refractivity contribution in [3.05, 3.63) is 72.0 Å². The van der Waals surface area contributed by atoms with Gasteiger partial charge in [-0.05, 0) is 24.3 Å². The predicted molar refractivity (Wildman–Crippen MR) is 200 cm³/mol. The standard InChI is InChI=1S/C40H44O23/c1-4-20-37(56-14-21-36(52)54-12-11-40(20,21)53)63-39-33(62-34(50)18-7-5-9-22(44)26(18)45)32(57-17(3)43)31(25(60-39)15-55-16(2)42)61-35(51)19-8-6-10-23(27(19)46)58-38-30(49)29(48)28(47)24(13-41)59-38/h4-10,14,20,24-25,28-33,37-39,41,44-49,53H,1,11-13,15H2,2-3H3/t20-,24+,25?,28+,29-,30+,31?,32?,33?,37?,38+,39?,40+/m0/s1. The first kappa shape index (κ1) is 46.5. The number of aliphatic hydroxyl groups is 5. The van der Waals surface area contributed by atoms with Gasteiger partial charge in [0.1, 0.15) is 59.4 Å². The van der Waals surface area contributed by atoms with E-state index >= 15 is 0 Å². The van der Waals surface area contributed by atoms with E-state index in [2.05, 4.69) is 6.58 Å². The number of benzene rings is 2. The first-order valence-corrected chi connectivity index (χ1v) is 19.1. The summed E-state index contributed by atoms with van der Waals surface area (Å²) >= 11 is 0. The highest BCUT2D eigenvalue weighted by Crippen LogP contribution is 2.43. The van der Waals surface area contributed by atoms with E-state index in [1.54, 1.807) is 0 Å². The molecule has 13 atom stereocenters. The highest BCUT2D eigenvalue weighted by atomic mass is 16.8. The Balaban J connectivity index is 1.38. The molecule has 4 aliphatic heterocycles. The van der Waals surface area contributed by atoms with E-state index in [0.29, 0.717) is 0 Å². The number of esters is 5. The van der Waals surface area contributed by atoms with Crippen molar-refractivity contribution >= 4 is 29.8 Å². The first-order chi connectivity index (χ1) is 29.9. The Morgan fingerprint density at radius 3 is 2.11 bits per heavy atom. The largest absolute Gasteiger partial charge is 0.504 e. The number of phenolic OH excluding ortho intramolecular Hbond substituents is 3. The fraction of sp³-hybridized carbons (Fsp3) is 0.475. The van der Waals surface area contributed by atoms with Crippen LogP contribution in [0.15, 0.2) is 60.9 Å². The van der Waals surface area contributed by atoms with Gasteiger partial charge >= 0.3 is 29.8 Å². The lowest BCUT2D eigenvalue weighted by atomic mass is 9.76. The van der Waals surface area contributed by atoms with E-state index < -0.39 is 156 Å². The maximum absolute atomic E-state index is 14.0. The zero-order chi connectivity index (χ0) is 45.9. The van der Waals surface area contributed by atoms with E-state index in [0.717, 1.165) is 44.4 Å². The maximum Gasteiger partial charge on any atom is 0.342 e. The Bertz CT molecular complexity index is 2100. The number of aromatic hydroxyl groups is 3. The Morgan fingerprint density at radius 2 is 1.46 bits per heavy atom. The van der Waals surface area contributed by atoms with E-state index in [1.165, 1.54) is 18.2 Å². The van der Waals surface area contributed by atoms with Crippen molar-refractivity contribution in [2.45, 2.75) is 93.6 Å². The van der Waals surface area contributed by atoms with Gasteiger partial charge in [-0.15, -0.1) is 6.58 Å². The molecule has 23 nitrogen and oxygen atoms in total. The van der Waals surface area contributed by atoms with Gasteiger partial charge in [0.25, 0.3) is 0 Å². The van der Waals surface area contributed by atoms with Gasteiger partial charge in [0.15, 0.2) is 41.3 Å². The minimum absolute atomic E-state index is 0.143. The lowest BCUT2D eigenvalue weighted by Gasteiger charge is -2.48. The topological polar surface area (TPSA) is 339 Å². The fourth-order valence-corrected chi connectivity index (χ4v) is 7.24. The summed E-state index contributed by atoms with van der Waals surface area (Å²) < 4.78 is 56.1. The van der Waals surface area contributed by atoms with Gasteiger partial charge in [-0.2, -0.15) is 0 Å². The quantitative estimate of drug-likeness (QED) is 0.0501. The van der Waals surface area contributed by atoms with Gasteiger partial charge in [0.05, 0.1) is 25.4 Å². The number of rotatable bonds is 13. The maximum atomic E-state index is 14.0. The third kappa shape index (κ3) is 9.50.